The molecule has 2 heterocycles. The van der Waals surface area contributed by atoms with E-state index in [1.54, 1.807) is 24.8 Å². The van der Waals surface area contributed by atoms with Gasteiger partial charge in [-0.2, -0.15) is 0 Å². The van der Waals surface area contributed by atoms with E-state index in [2.05, 4.69) is 15.3 Å². The van der Waals surface area contributed by atoms with Crippen LogP contribution in [0.4, 0.5) is 17.1 Å². The van der Waals surface area contributed by atoms with Gasteiger partial charge in [-0.3, -0.25) is 9.97 Å². The van der Waals surface area contributed by atoms with Gasteiger partial charge in [0, 0.05) is 24.3 Å². The van der Waals surface area contributed by atoms with E-state index in [4.69, 9.17) is 5.73 Å². The molecule has 3 N–H and O–H groups in total. The minimum absolute atomic E-state index is 0.643. The molecule has 0 aromatic carbocycles. The highest BCUT2D eigenvalue weighted by Gasteiger charge is 1.94. The Labute approximate surface area is 81.8 Å². The number of nitrogen functional groups attached to an aromatic ring is 1. The molecule has 0 atom stereocenters. The van der Waals surface area contributed by atoms with E-state index in [0.717, 1.165) is 11.4 Å². The normalized spacial score (nSPS) is 9.71. The zero-order valence-corrected chi connectivity index (χ0v) is 7.51. The monoisotopic (exact) mass is 186 g/mol. The lowest BCUT2D eigenvalue weighted by Gasteiger charge is -2.05. The van der Waals surface area contributed by atoms with Gasteiger partial charge in [0.1, 0.15) is 0 Å². The first kappa shape index (κ1) is 8.50. The third-order valence-corrected chi connectivity index (χ3v) is 1.73. The summed E-state index contributed by atoms with van der Waals surface area (Å²) in [4.78, 5) is 7.90. The molecule has 0 bridgehead atoms. The van der Waals surface area contributed by atoms with Gasteiger partial charge in [0.15, 0.2) is 0 Å². The number of anilines is 3. The van der Waals surface area contributed by atoms with Crippen molar-refractivity contribution < 1.29 is 0 Å². The van der Waals surface area contributed by atoms with Gasteiger partial charge in [-0.1, -0.05) is 0 Å². The van der Waals surface area contributed by atoms with Gasteiger partial charge in [0.25, 0.3) is 0 Å². The molecule has 0 aliphatic carbocycles. The van der Waals surface area contributed by atoms with Crippen molar-refractivity contribution in [1.29, 1.82) is 0 Å². The summed E-state index contributed by atoms with van der Waals surface area (Å²) in [6.07, 6.45) is 6.78. The summed E-state index contributed by atoms with van der Waals surface area (Å²) in [7, 11) is 0. The highest BCUT2D eigenvalue weighted by molar-refractivity contribution is 5.61. The van der Waals surface area contributed by atoms with Crippen molar-refractivity contribution >= 4 is 17.1 Å². The molecule has 4 heteroatoms. The molecule has 0 saturated heterocycles. The fraction of sp³-hybridized carbons (Fsp3) is 0. The van der Waals surface area contributed by atoms with Gasteiger partial charge in [-0.25, -0.2) is 0 Å². The number of hydrogen-bond donors (Lipinski definition) is 2. The Morgan fingerprint density at radius 1 is 1.00 bits per heavy atom. The van der Waals surface area contributed by atoms with Crippen LogP contribution in [-0.4, -0.2) is 9.97 Å². The highest BCUT2D eigenvalue weighted by Crippen LogP contribution is 2.15. The van der Waals surface area contributed by atoms with Crippen LogP contribution < -0.4 is 11.1 Å². The SMILES string of the molecule is Nc1cncc(Nc2ccncc2)c1. The largest absolute Gasteiger partial charge is 0.397 e. The number of hydrogen-bond acceptors (Lipinski definition) is 4. The van der Waals surface area contributed by atoms with E-state index in [9.17, 15) is 0 Å². The summed E-state index contributed by atoms with van der Waals surface area (Å²) in [6.45, 7) is 0. The summed E-state index contributed by atoms with van der Waals surface area (Å²) in [5.41, 5.74) is 8.08. The minimum Gasteiger partial charge on any atom is -0.397 e. The van der Waals surface area contributed by atoms with Crippen molar-refractivity contribution in [2.24, 2.45) is 0 Å². The molecule has 0 fully saturated rings. The summed E-state index contributed by atoms with van der Waals surface area (Å²) in [5, 5.41) is 3.16. The molecule has 0 spiro atoms. The van der Waals surface area contributed by atoms with Crippen molar-refractivity contribution in [3.63, 3.8) is 0 Å². The molecule has 4 nitrogen and oxygen atoms in total. The molecular weight excluding hydrogens is 176 g/mol. The topological polar surface area (TPSA) is 63.8 Å². The second kappa shape index (κ2) is 3.74. The second-order valence-electron chi connectivity index (χ2n) is 2.87. The minimum atomic E-state index is 0.643. The first-order valence-corrected chi connectivity index (χ1v) is 4.22. The van der Waals surface area contributed by atoms with Crippen molar-refractivity contribution in [2.75, 3.05) is 11.1 Å². The van der Waals surface area contributed by atoms with Crippen LogP contribution in [-0.2, 0) is 0 Å². The Kier molecular flexibility index (Phi) is 2.27. The van der Waals surface area contributed by atoms with Gasteiger partial charge in [-0.15, -0.1) is 0 Å². The predicted octanol–water partition coefficient (Wildman–Crippen LogP) is 1.80. The van der Waals surface area contributed by atoms with Crippen LogP contribution in [0.1, 0.15) is 0 Å². The molecule has 70 valence electrons. The maximum Gasteiger partial charge on any atom is 0.0591 e. The lowest BCUT2D eigenvalue weighted by molar-refractivity contribution is 1.30. The third kappa shape index (κ3) is 1.98. The standard InChI is InChI=1S/C10H10N4/c11-8-5-10(7-13-6-8)14-9-1-3-12-4-2-9/h1-7H,11H2,(H,12,14). The van der Waals surface area contributed by atoms with E-state index in [1.165, 1.54) is 0 Å². The van der Waals surface area contributed by atoms with E-state index >= 15 is 0 Å². The van der Waals surface area contributed by atoms with Crippen LogP contribution in [0.2, 0.25) is 0 Å². The number of nitrogens with zero attached hydrogens (tertiary/aromatic N) is 2. The van der Waals surface area contributed by atoms with Gasteiger partial charge in [0.2, 0.25) is 0 Å². The molecule has 0 amide bonds. The summed E-state index contributed by atoms with van der Waals surface area (Å²) >= 11 is 0. The average Bonchev–Trinajstić information content (AvgIpc) is 2.19. The van der Waals surface area contributed by atoms with Crippen molar-refractivity contribution in [1.82, 2.24) is 9.97 Å². The highest BCUT2D eigenvalue weighted by atomic mass is 14.9. The zero-order valence-electron chi connectivity index (χ0n) is 7.51. The van der Waals surface area contributed by atoms with Gasteiger partial charge < -0.3 is 11.1 Å². The zero-order chi connectivity index (χ0) is 9.80. The van der Waals surface area contributed by atoms with E-state index in [0.29, 0.717) is 5.69 Å². The Balaban J connectivity index is 2.19. The van der Waals surface area contributed by atoms with E-state index in [1.807, 2.05) is 18.2 Å². The molecule has 0 radical (unpaired) electrons. The first-order chi connectivity index (χ1) is 6.84. The van der Waals surface area contributed by atoms with Crippen LogP contribution in [0.25, 0.3) is 0 Å². The lowest BCUT2D eigenvalue weighted by Crippen LogP contribution is -1.93. The molecular formula is C10H10N4. The second-order valence-corrected chi connectivity index (χ2v) is 2.87. The van der Waals surface area contributed by atoms with Crippen LogP contribution in [0.3, 0.4) is 0 Å². The fourth-order valence-electron chi connectivity index (χ4n) is 1.13. The summed E-state index contributed by atoms with van der Waals surface area (Å²) in [6, 6.07) is 5.58. The van der Waals surface area contributed by atoms with Gasteiger partial charge >= 0.3 is 0 Å². The van der Waals surface area contributed by atoms with E-state index < -0.39 is 0 Å². The lowest BCUT2D eigenvalue weighted by atomic mass is 10.3. The van der Waals surface area contributed by atoms with E-state index in [-0.39, 0.29) is 0 Å². The number of rotatable bonds is 2. The molecule has 0 saturated carbocycles. The molecule has 14 heavy (non-hydrogen) atoms. The maximum absolute atomic E-state index is 5.60. The fourth-order valence-corrected chi connectivity index (χ4v) is 1.13. The number of aromatic nitrogens is 2. The maximum atomic E-state index is 5.60. The number of nitrogens with one attached hydrogen (secondary N) is 1. The number of pyridine rings is 2. The average molecular weight is 186 g/mol. The summed E-state index contributed by atoms with van der Waals surface area (Å²) in [5.74, 6) is 0. The molecule has 0 aliphatic heterocycles. The van der Waals surface area contributed by atoms with Crippen LogP contribution >= 0.6 is 0 Å². The molecule has 2 rings (SSSR count). The predicted molar refractivity (Wildman–Crippen MR) is 56.2 cm³/mol. The van der Waals surface area contributed by atoms with Gasteiger partial charge in [0.05, 0.1) is 17.6 Å². The first-order valence-electron chi connectivity index (χ1n) is 4.22. The smallest absolute Gasteiger partial charge is 0.0591 e. The molecule has 0 aliphatic rings. The third-order valence-electron chi connectivity index (χ3n) is 1.73. The van der Waals surface area contributed by atoms with Crippen LogP contribution in [0.15, 0.2) is 43.0 Å². The Morgan fingerprint density at radius 2 is 1.79 bits per heavy atom. The Hall–Kier alpha value is -2.10. The van der Waals surface area contributed by atoms with Gasteiger partial charge in [-0.05, 0) is 18.2 Å². The van der Waals surface area contributed by atoms with Crippen molar-refractivity contribution in [3.05, 3.63) is 43.0 Å². The van der Waals surface area contributed by atoms with Crippen LogP contribution in [0.5, 0.6) is 0 Å². The molecule has 2 aromatic rings. The number of nitrogens with two attached hydrogens (primary N) is 1. The summed E-state index contributed by atoms with van der Waals surface area (Å²) < 4.78 is 0. The quantitative estimate of drug-likeness (QED) is 0.750. The van der Waals surface area contributed by atoms with Crippen LogP contribution in [0, 0.1) is 0 Å². The van der Waals surface area contributed by atoms with Crippen molar-refractivity contribution in [2.45, 2.75) is 0 Å². The Morgan fingerprint density at radius 3 is 2.50 bits per heavy atom. The molecule has 2 aromatic heterocycles. The molecule has 0 unspecified atom stereocenters. The Bertz CT molecular complexity index is 413. The van der Waals surface area contributed by atoms with Crippen molar-refractivity contribution in [3.8, 4) is 0 Å².